The van der Waals surface area contributed by atoms with Crippen molar-refractivity contribution in [3.8, 4) is 5.75 Å². The molecule has 1 aromatic carbocycles. The molecule has 0 radical (unpaired) electrons. The second kappa shape index (κ2) is 7.27. The van der Waals surface area contributed by atoms with E-state index < -0.39 is 0 Å². The van der Waals surface area contributed by atoms with E-state index in [4.69, 9.17) is 4.74 Å². The molecular formula is C19H26N4O2. The molecule has 0 saturated carbocycles. The number of benzene rings is 1. The maximum Gasteiger partial charge on any atom is 0.254 e. The average Bonchev–Trinajstić information content (AvgIpc) is 2.94. The van der Waals surface area contributed by atoms with Crippen LogP contribution in [0.2, 0.25) is 0 Å². The molecule has 1 aliphatic heterocycles. The summed E-state index contributed by atoms with van der Waals surface area (Å²) < 4.78 is 5.33. The molecule has 1 saturated heterocycles. The number of ether oxygens (including phenoxy) is 1. The van der Waals surface area contributed by atoms with Crippen LogP contribution in [-0.4, -0.2) is 59.2 Å². The summed E-state index contributed by atoms with van der Waals surface area (Å²) in [6, 6.07) is 5.65. The summed E-state index contributed by atoms with van der Waals surface area (Å²) in [4.78, 5) is 17.1. The van der Waals surface area contributed by atoms with Crippen LogP contribution in [0.15, 0.2) is 18.2 Å². The molecule has 1 fully saturated rings. The lowest BCUT2D eigenvalue weighted by Gasteiger charge is -2.35. The van der Waals surface area contributed by atoms with E-state index >= 15 is 0 Å². The van der Waals surface area contributed by atoms with Crippen molar-refractivity contribution >= 4 is 5.91 Å². The number of H-pyrrole nitrogens is 1. The van der Waals surface area contributed by atoms with Gasteiger partial charge in [0, 0.05) is 49.5 Å². The summed E-state index contributed by atoms with van der Waals surface area (Å²) in [6.07, 6.45) is 0. The summed E-state index contributed by atoms with van der Waals surface area (Å²) in [6.45, 7) is 10.2. The molecule has 25 heavy (non-hydrogen) atoms. The van der Waals surface area contributed by atoms with E-state index in [0.717, 1.165) is 55.4 Å². The Bertz CT molecular complexity index is 741. The summed E-state index contributed by atoms with van der Waals surface area (Å²) in [5.74, 6) is 0.837. The Hall–Kier alpha value is -2.34. The number of nitrogens with zero attached hydrogens (tertiary/aromatic N) is 3. The molecule has 1 aliphatic rings. The third kappa shape index (κ3) is 3.69. The molecule has 2 aromatic rings. The zero-order chi connectivity index (χ0) is 18.0. The maximum atomic E-state index is 12.7. The molecule has 134 valence electrons. The minimum Gasteiger partial charge on any atom is -0.496 e. The van der Waals surface area contributed by atoms with Crippen LogP contribution in [0.5, 0.6) is 5.75 Å². The smallest absolute Gasteiger partial charge is 0.254 e. The normalized spacial score (nSPS) is 15.4. The number of methoxy groups -OCH3 is 1. The van der Waals surface area contributed by atoms with Crippen molar-refractivity contribution in [2.75, 3.05) is 33.3 Å². The van der Waals surface area contributed by atoms with Crippen molar-refractivity contribution in [1.82, 2.24) is 20.0 Å². The minimum absolute atomic E-state index is 0.0774. The molecule has 6 heteroatoms. The number of rotatable bonds is 4. The fraction of sp³-hybridized carbons (Fsp3) is 0.474. The molecule has 0 atom stereocenters. The van der Waals surface area contributed by atoms with Gasteiger partial charge in [0.1, 0.15) is 5.75 Å². The van der Waals surface area contributed by atoms with E-state index in [2.05, 4.69) is 22.0 Å². The van der Waals surface area contributed by atoms with Crippen LogP contribution in [0.4, 0.5) is 0 Å². The monoisotopic (exact) mass is 342 g/mol. The van der Waals surface area contributed by atoms with Gasteiger partial charge in [-0.25, -0.2) is 0 Å². The van der Waals surface area contributed by atoms with Crippen LogP contribution in [0.3, 0.4) is 0 Å². The van der Waals surface area contributed by atoms with Gasteiger partial charge in [0.15, 0.2) is 0 Å². The zero-order valence-corrected chi connectivity index (χ0v) is 15.4. The standard InChI is InChI=1S/C19H26N4O2/c1-13-5-6-16(11-18(13)25-4)19(24)23-9-7-22(8-10-23)12-17-14(2)20-21-15(17)3/h5-6,11H,7-10,12H2,1-4H3,(H,20,21). The number of aryl methyl sites for hydroxylation is 3. The Labute approximate surface area is 148 Å². The Morgan fingerprint density at radius 3 is 2.52 bits per heavy atom. The Balaban J connectivity index is 1.61. The maximum absolute atomic E-state index is 12.7. The van der Waals surface area contributed by atoms with Gasteiger partial charge in [-0.3, -0.25) is 14.8 Å². The number of nitrogens with one attached hydrogen (secondary N) is 1. The lowest BCUT2D eigenvalue weighted by atomic mass is 10.1. The van der Waals surface area contributed by atoms with Crippen molar-refractivity contribution in [1.29, 1.82) is 0 Å². The van der Waals surface area contributed by atoms with E-state index in [1.54, 1.807) is 7.11 Å². The fourth-order valence-corrected chi connectivity index (χ4v) is 3.28. The first kappa shape index (κ1) is 17.5. The van der Waals surface area contributed by atoms with Gasteiger partial charge in [-0.1, -0.05) is 6.07 Å². The van der Waals surface area contributed by atoms with Crippen LogP contribution in [0, 0.1) is 20.8 Å². The molecule has 6 nitrogen and oxygen atoms in total. The van der Waals surface area contributed by atoms with Gasteiger partial charge in [-0.2, -0.15) is 5.10 Å². The third-order valence-corrected chi connectivity index (χ3v) is 4.98. The van der Waals surface area contributed by atoms with E-state index in [-0.39, 0.29) is 5.91 Å². The first-order valence-electron chi connectivity index (χ1n) is 8.66. The zero-order valence-electron chi connectivity index (χ0n) is 15.4. The second-order valence-corrected chi connectivity index (χ2v) is 6.67. The molecular weight excluding hydrogens is 316 g/mol. The Kier molecular flexibility index (Phi) is 5.08. The Morgan fingerprint density at radius 1 is 1.20 bits per heavy atom. The first-order valence-corrected chi connectivity index (χ1v) is 8.66. The molecule has 1 amide bonds. The molecule has 0 unspecified atom stereocenters. The van der Waals surface area contributed by atoms with E-state index in [0.29, 0.717) is 5.56 Å². The van der Waals surface area contributed by atoms with Crippen LogP contribution in [-0.2, 0) is 6.54 Å². The lowest BCUT2D eigenvalue weighted by Crippen LogP contribution is -2.48. The topological polar surface area (TPSA) is 61.5 Å². The van der Waals surface area contributed by atoms with Gasteiger partial charge in [-0.15, -0.1) is 0 Å². The van der Waals surface area contributed by atoms with Crippen LogP contribution in [0.25, 0.3) is 0 Å². The fourth-order valence-electron chi connectivity index (χ4n) is 3.28. The van der Waals surface area contributed by atoms with E-state index in [1.165, 1.54) is 5.56 Å². The summed E-state index contributed by atoms with van der Waals surface area (Å²) in [5, 5.41) is 7.30. The highest BCUT2D eigenvalue weighted by atomic mass is 16.5. The molecule has 2 heterocycles. The van der Waals surface area contributed by atoms with E-state index in [1.807, 2.05) is 36.9 Å². The third-order valence-electron chi connectivity index (χ3n) is 4.98. The number of hydrogen-bond acceptors (Lipinski definition) is 4. The Morgan fingerprint density at radius 2 is 1.92 bits per heavy atom. The summed E-state index contributed by atoms with van der Waals surface area (Å²) >= 11 is 0. The van der Waals surface area contributed by atoms with Gasteiger partial charge in [-0.05, 0) is 38.5 Å². The number of carbonyl (C=O) groups is 1. The number of aromatic nitrogens is 2. The molecule has 0 bridgehead atoms. The largest absolute Gasteiger partial charge is 0.496 e. The highest BCUT2D eigenvalue weighted by molar-refractivity contribution is 5.94. The van der Waals surface area contributed by atoms with Crippen molar-refractivity contribution in [3.63, 3.8) is 0 Å². The minimum atomic E-state index is 0.0774. The predicted molar refractivity (Wildman–Crippen MR) is 97.0 cm³/mol. The molecule has 1 N–H and O–H groups in total. The number of hydrogen-bond donors (Lipinski definition) is 1. The number of amides is 1. The highest BCUT2D eigenvalue weighted by Gasteiger charge is 2.23. The van der Waals surface area contributed by atoms with Crippen molar-refractivity contribution < 1.29 is 9.53 Å². The highest BCUT2D eigenvalue weighted by Crippen LogP contribution is 2.21. The van der Waals surface area contributed by atoms with Crippen LogP contribution in [0.1, 0.15) is 32.9 Å². The predicted octanol–water partition coefficient (Wildman–Crippen LogP) is 2.30. The number of carbonyl (C=O) groups excluding carboxylic acids is 1. The van der Waals surface area contributed by atoms with E-state index in [9.17, 15) is 4.79 Å². The first-order chi connectivity index (χ1) is 12.0. The quantitative estimate of drug-likeness (QED) is 0.926. The van der Waals surface area contributed by atoms with Gasteiger partial charge in [0.25, 0.3) is 5.91 Å². The summed E-state index contributed by atoms with van der Waals surface area (Å²) in [7, 11) is 1.63. The van der Waals surface area contributed by atoms with Gasteiger partial charge in [0.05, 0.1) is 12.8 Å². The van der Waals surface area contributed by atoms with Crippen molar-refractivity contribution in [3.05, 3.63) is 46.3 Å². The number of aromatic amines is 1. The van der Waals surface area contributed by atoms with Crippen molar-refractivity contribution in [2.45, 2.75) is 27.3 Å². The molecule has 0 aliphatic carbocycles. The molecule has 0 spiro atoms. The van der Waals surface area contributed by atoms with Gasteiger partial charge in [0.2, 0.25) is 0 Å². The SMILES string of the molecule is COc1cc(C(=O)N2CCN(Cc3c(C)n[nH]c3C)CC2)ccc1C. The van der Waals surface area contributed by atoms with Gasteiger partial charge < -0.3 is 9.64 Å². The van der Waals surface area contributed by atoms with Crippen molar-refractivity contribution in [2.24, 2.45) is 0 Å². The average molecular weight is 342 g/mol. The van der Waals surface area contributed by atoms with Crippen LogP contribution >= 0.6 is 0 Å². The van der Waals surface area contributed by atoms with Gasteiger partial charge >= 0.3 is 0 Å². The van der Waals surface area contributed by atoms with Crippen LogP contribution < -0.4 is 4.74 Å². The lowest BCUT2D eigenvalue weighted by molar-refractivity contribution is 0.0627. The second-order valence-electron chi connectivity index (χ2n) is 6.67. The summed E-state index contributed by atoms with van der Waals surface area (Å²) in [5.41, 5.74) is 5.18. The molecule has 1 aromatic heterocycles. The molecule has 3 rings (SSSR count). The number of piperazine rings is 1.